The second-order valence-corrected chi connectivity index (χ2v) is 7.77. The minimum absolute atomic E-state index is 0.133. The molecule has 1 aliphatic carbocycles. The molecule has 0 N–H and O–H groups in total. The molecule has 0 spiro atoms. The topological polar surface area (TPSA) is 84.2 Å². The SMILES string of the molecule is CCCC1CCC(C#N)C(S(=O)(=O)CCC(=O)OC)C1. The first-order chi connectivity index (χ1) is 9.44. The van der Waals surface area contributed by atoms with E-state index in [2.05, 4.69) is 17.7 Å². The molecule has 1 rings (SSSR count). The van der Waals surface area contributed by atoms with E-state index in [-0.39, 0.29) is 12.2 Å². The predicted molar refractivity (Wildman–Crippen MR) is 75.6 cm³/mol. The Labute approximate surface area is 121 Å². The van der Waals surface area contributed by atoms with Crippen molar-refractivity contribution in [1.82, 2.24) is 0 Å². The summed E-state index contributed by atoms with van der Waals surface area (Å²) in [6.07, 6.45) is 4.01. The van der Waals surface area contributed by atoms with Crippen molar-refractivity contribution in [2.24, 2.45) is 11.8 Å². The summed E-state index contributed by atoms with van der Waals surface area (Å²) < 4.78 is 29.2. The zero-order chi connectivity index (χ0) is 15.2. The Kier molecular flexibility index (Phi) is 6.47. The van der Waals surface area contributed by atoms with Crippen molar-refractivity contribution in [2.45, 2.75) is 50.7 Å². The molecular formula is C14H23NO4S. The molecule has 3 atom stereocenters. The highest BCUT2D eigenvalue weighted by Crippen LogP contribution is 2.35. The fraction of sp³-hybridized carbons (Fsp3) is 0.857. The van der Waals surface area contributed by atoms with Gasteiger partial charge in [0.25, 0.3) is 0 Å². The van der Waals surface area contributed by atoms with Gasteiger partial charge in [-0.05, 0) is 25.2 Å². The number of esters is 1. The Morgan fingerprint density at radius 3 is 2.65 bits per heavy atom. The van der Waals surface area contributed by atoms with Crippen molar-refractivity contribution in [3.05, 3.63) is 0 Å². The monoisotopic (exact) mass is 301 g/mol. The van der Waals surface area contributed by atoms with Crippen LogP contribution in [0.5, 0.6) is 0 Å². The molecule has 1 fully saturated rings. The summed E-state index contributed by atoms with van der Waals surface area (Å²) in [5, 5.41) is 8.54. The molecule has 20 heavy (non-hydrogen) atoms. The second-order valence-electron chi connectivity index (χ2n) is 5.43. The van der Waals surface area contributed by atoms with Gasteiger partial charge in [-0.2, -0.15) is 5.26 Å². The average molecular weight is 301 g/mol. The molecule has 1 saturated carbocycles. The van der Waals surface area contributed by atoms with Crippen LogP contribution in [-0.4, -0.2) is 32.5 Å². The molecule has 0 saturated heterocycles. The van der Waals surface area contributed by atoms with E-state index in [1.165, 1.54) is 7.11 Å². The van der Waals surface area contributed by atoms with Gasteiger partial charge < -0.3 is 4.74 Å². The molecule has 0 radical (unpaired) electrons. The summed E-state index contributed by atoms with van der Waals surface area (Å²) in [5.41, 5.74) is 0. The van der Waals surface area contributed by atoms with E-state index in [9.17, 15) is 13.2 Å². The van der Waals surface area contributed by atoms with Gasteiger partial charge in [-0.1, -0.05) is 19.8 Å². The zero-order valence-corrected chi connectivity index (χ0v) is 13.0. The van der Waals surface area contributed by atoms with Crippen molar-refractivity contribution in [1.29, 1.82) is 5.26 Å². The number of hydrogen-bond donors (Lipinski definition) is 0. The lowest BCUT2D eigenvalue weighted by atomic mass is 9.80. The molecule has 0 aromatic heterocycles. The van der Waals surface area contributed by atoms with Crippen LogP contribution in [-0.2, 0) is 19.4 Å². The van der Waals surface area contributed by atoms with Gasteiger partial charge in [0.2, 0.25) is 0 Å². The summed E-state index contributed by atoms with van der Waals surface area (Å²) in [4.78, 5) is 11.1. The number of methoxy groups -OCH3 is 1. The third-order valence-electron chi connectivity index (χ3n) is 4.04. The molecule has 3 unspecified atom stereocenters. The van der Waals surface area contributed by atoms with Crippen LogP contribution in [0.2, 0.25) is 0 Å². The van der Waals surface area contributed by atoms with Crippen LogP contribution in [0, 0.1) is 23.2 Å². The quantitative estimate of drug-likeness (QED) is 0.701. The first kappa shape index (κ1) is 17.0. The Hall–Kier alpha value is -1.09. The highest BCUT2D eigenvalue weighted by atomic mass is 32.2. The van der Waals surface area contributed by atoms with Crippen LogP contribution in [0.1, 0.15) is 45.4 Å². The van der Waals surface area contributed by atoms with E-state index in [0.717, 1.165) is 19.3 Å². The molecule has 0 heterocycles. The van der Waals surface area contributed by atoms with Crippen molar-refractivity contribution in [3.8, 4) is 6.07 Å². The molecule has 0 aromatic rings. The van der Waals surface area contributed by atoms with Crippen LogP contribution < -0.4 is 0 Å². The van der Waals surface area contributed by atoms with Crippen LogP contribution in [0.15, 0.2) is 0 Å². The first-order valence-electron chi connectivity index (χ1n) is 7.12. The molecule has 0 aliphatic heterocycles. The van der Waals surface area contributed by atoms with Gasteiger partial charge >= 0.3 is 5.97 Å². The van der Waals surface area contributed by atoms with Gasteiger partial charge in [-0.25, -0.2) is 8.42 Å². The minimum atomic E-state index is -3.42. The number of nitrogens with zero attached hydrogens (tertiary/aromatic N) is 1. The van der Waals surface area contributed by atoms with Gasteiger partial charge in [0.05, 0.1) is 36.5 Å². The Bertz CT molecular complexity index is 466. The molecule has 5 nitrogen and oxygen atoms in total. The van der Waals surface area contributed by atoms with E-state index in [4.69, 9.17) is 5.26 Å². The number of rotatable bonds is 6. The number of sulfone groups is 1. The lowest BCUT2D eigenvalue weighted by molar-refractivity contribution is -0.140. The number of carbonyl (C=O) groups is 1. The Morgan fingerprint density at radius 2 is 2.10 bits per heavy atom. The Morgan fingerprint density at radius 1 is 1.40 bits per heavy atom. The van der Waals surface area contributed by atoms with Crippen molar-refractivity contribution in [2.75, 3.05) is 12.9 Å². The van der Waals surface area contributed by atoms with Gasteiger partial charge in [-0.3, -0.25) is 4.79 Å². The largest absolute Gasteiger partial charge is 0.469 e. The molecule has 114 valence electrons. The minimum Gasteiger partial charge on any atom is -0.469 e. The second kappa shape index (κ2) is 7.63. The lowest BCUT2D eigenvalue weighted by Crippen LogP contribution is -2.37. The molecule has 0 aromatic carbocycles. The predicted octanol–water partition coefficient (Wildman–Crippen LogP) is 2.07. The summed E-state index contributed by atoms with van der Waals surface area (Å²) in [6.45, 7) is 2.08. The van der Waals surface area contributed by atoms with Gasteiger partial charge in [-0.15, -0.1) is 0 Å². The standard InChI is InChI=1S/C14H23NO4S/c1-3-4-11-5-6-12(10-15)13(9-11)20(17,18)8-7-14(16)19-2/h11-13H,3-9H2,1-2H3. The maximum atomic E-state index is 12.4. The van der Waals surface area contributed by atoms with Crippen molar-refractivity contribution >= 4 is 15.8 Å². The number of hydrogen-bond acceptors (Lipinski definition) is 5. The maximum Gasteiger partial charge on any atom is 0.306 e. The molecule has 0 bridgehead atoms. The van der Waals surface area contributed by atoms with Crippen LogP contribution in [0.4, 0.5) is 0 Å². The smallest absolute Gasteiger partial charge is 0.306 e. The highest BCUT2D eigenvalue weighted by molar-refractivity contribution is 7.92. The Balaban J connectivity index is 2.76. The van der Waals surface area contributed by atoms with E-state index in [1.54, 1.807) is 0 Å². The first-order valence-corrected chi connectivity index (χ1v) is 8.84. The fourth-order valence-corrected chi connectivity index (χ4v) is 4.92. The number of nitriles is 1. The van der Waals surface area contributed by atoms with E-state index >= 15 is 0 Å². The molecule has 0 amide bonds. The third-order valence-corrected chi connectivity index (χ3v) is 6.26. The summed E-state index contributed by atoms with van der Waals surface area (Å²) in [5.74, 6) is -0.808. The summed E-state index contributed by atoms with van der Waals surface area (Å²) in [7, 11) is -2.18. The molecular weight excluding hydrogens is 278 g/mol. The van der Waals surface area contributed by atoms with E-state index in [1.807, 2.05) is 0 Å². The number of ether oxygens (including phenoxy) is 1. The molecule has 6 heteroatoms. The van der Waals surface area contributed by atoms with Crippen molar-refractivity contribution < 1.29 is 17.9 Å². The summed E-state index contributed by atoms with van der Waals surface area (Å²) >= 11 is 0. The number of carbonyl (C=O) groups excluding carboxylic acids is 1. The average Bonchev–Trinajstić information content (AvgIpc) is 2.45. The lowest BCUT2D eigenvalue weighted by Gasteiger charge is -2.32. The summed E-state index contributed by atoms with van der Waals surface area (Å²) in [6, 6.07) is 2.13. The van der Waals surface area contributed by atoms with Crippen LogP contribution >= 0.6 is 0 Å². The van der Waals surface area contributed by atoms with Gasteiger partial charge in [0.1, 0.15) is 0 Å². The third kappa shape index (κ3) is 4.48. The molecule has 1 aliphatic rings. The highest BCUT2D eigenvalue weighted by Gasteiger charge is 2.38. The van der Waals surface area contributed by atoms with Gasteiger partial charge in [0, 0.05) is 0 Å². The zero-order valence-electron chi connectivity index (χ0n) is 12.2. The van der Waals surface area contributed by atoms with Crippen molar-refractivity contribution in [3.63, 3.8) is 0 Å². The van der Waals surface area contributed by atoms with Gasteiger partial charge in [0.15, 0.2) is 9.84 Å². The van der Waals surface area contributed by atoms with E-state index in [0.29, 0.717) is 18.8 Å². The normalized spacial score (nSPS) is 26.8. The van der Waals surface area contributed by atoms with Crippen LogP contribution in [0.3, 0.4) is 0 Å². The maximum absolute atomic E-state index is 12.4. The van der Waals surface area contributed by atoms with E-state index < -0.39 is 27.0 Å². The van der Waals surface area contributed by atoms with Crippen LogP contribution in [0.25, 0.3) is 0 Å². The fourth-order valence-electron chi connectivity index (χ4n) is 2.91.